The molecule has 0 spiro atoms. The molecule has 660 valence electrons. The summed E-state index contributed by atoms with van der Waals surface area (Å²) >= 11 is 12.2. The van der Waals surface area contributed by atoms with Crippen LogP contribution in [-0.2, 0) is 45.4 Å². The molecule has 27 nitrogen and oxygen atoms in total. The van der Waals surface area contributed by atoms with Gasteiger partial charge in [0.05, 0.1) is 45.7 Å². The Morgan fingerprint density at radius 2 is 0.831 bits per heavy atom. The van der Waals surface area contributed by atoms with Crippen LogP contribution >= 0.6 is 23.2 Å². The predicted molar refractivity (Wildman–Crippen MR) is 488 cm³/mol. The monoisotopic (exact) mass is 1790 g/mol. The van der Waals surface area contributed by atoms with Gasteiger partial charge in [-0.2, -0.15) is 0 Å². The zero-order valence-electron chi connectivity index (χ0n) is 69.2. The van der Waals surface area contributed by atoms with Gasteiger partial charge in [-0.25, -0.2) is 39.6 Å². The summed E-state index contributed by atoms with van der Waals surface area (Å²) in [5.41, 5.74) is 10.7. The van der Waals surface area contributed by atoms with Gasteiger partial charge < -0.3 is 24.7 Å². The molecule has 0 aliphatic carbocycles. The number of carbonyl (C=O) groups is 5. The van der Waals surface area contributed by atoms with Crippen LogP contribution in [-0.4, -0.2) is 119 Å². The Kier molecular flexibility index (Phi) is 31.1. The molecule has 32 heteroatoms. The van der Waals surface area contributed by atoms with Gasteiger partial charge in [0.2, 0.25) is 0 Å². The van der Waals surface area contributed by atoms with Gasteiger partial charge in [-0.3, -0.25) is 82.3 Å². The van der Waals surface area contributed by atoms with E-state index in [0.717, 1.165) is 71.1 Å². The molecule has 0 radical (unpaired) electrons. The molecule has 1 fully saturated rings. The van der Waals surface area contributed by atoms with Crippen LogP contribution in [0.3, 0.4) is 0 Å². The molecule has 0 unspecified atom stereocenters. The number of nitrogens with zero attached hydrogens (tertiary/aromatic N) is 8. The van der Waals surface area contributed by atoms with Gasteiger partial charge in [-0.1, -0.05) is 114 Å². The Labute approximate surface area is 747 Å². The molecular weight excluding hydrogens is 1710 g/mol. The van der Waals surface area contributed by atoms with E-state index in [9.17, 15) is 61.1 Å². The van der Waals surface area contributed by atoms with Gasteiger partial charge in [0.15, 0.2) is 11.6 Å². The fourth-order valence-electron chi connectivity index (χ4n) is 14.8. The number of hydrogen-bond donors (Lipinski definition) is 9. The van der Waals surface area contributed by atoms with Crippen molar-refractivity contribution in [1.29, 1.82) is 0 Å². The van der Waals surface area contributed by atoms with Gasteiger partial charge in [-0.05, 0) is 241 Å². The van der Waals surface area contributed by atoms with Crippen LogP contribution in [0.4, 0.5) is 13.2 Å². The number of halogens is 5. The second-order valence-corrected chi connectivity index (χ2v) is 31.0. The highest BCUT2D eigenvalue weighted by atomic mass is 35.5. The lowest BCUT2D eigenvalue weighted by Gasteiger charge is -2.22. The maximum absolute atomic E-state index is 14.1. The number of pyridine rings is 4. The van der Waals surface area contributed by atoms with Crippen molar-refractivity contribution >= 4 is 107 Å². The van der Waals surface area contributed by atoms with Crippen molar-refractivity contribution < 1.29 is 63.0 Å². The molecule has 1 aliphatic rings. The van der Waals surface area contributed by atoms with Crippen molar-refractivity contribution in [3.8, 4) is 27.9 Å². The summed E-state index contributed by atoms with van der Waals surface area (Å²) in [6, 6.07) is 64.1. The molecular formula is C98H83Cl2F3N12O15. The number of carbonyl (C=O) groups excluding carboxylic acids is 5. The summed E-state index contributed by atoms with van der Waals surface area (Å²) in [6.07, 6.45) is 14.7. The second-order valence-electron chi connectivity index (χ2n) is 30.1. The predicted octanol–water partition coefficient (Wildman–Crippen LogP) is 14.1. The molecule has 0 bridgehead atoms. The van der Waals surface area contributed by atoms with Crippen LogP contribution in [0.15, 0.2) is 298 Å². The number of piperidine rings is 1. The van der Waals surface area contributed by atoms with Crippen LogP contribution in [0, 0.1) is 23.4 Å². The summed E-state index contributed by atoms with van der Waals surface area (Å²) in [6.45, 7) is 2.78. The first-order valence-corrected chi connectivity index (χ1v) is 41.6. The summed E-state index contributed by atoms with van der Waals surface area (Å²) in [4.78, 5) is 134. The highest BCUT2D eigenvalue weighted by Crippen LogP contribution is 2.31. The zero-order valence-corrected chi connectivity index (χ0v) is 70.8. The number of Topliss-reactive ketones (excluding diaryl/α,β-unsaturated/α-hetero) is 2. The smallest absolute Gasteiger partial charge is 0.274 e. The van der Waals surface area contributed by atoms with E-state index in [1.165, 1.54) is 117 Å². The van der Waals surface area contributed by atoms with E-state index in [4.69, 9.17) is 49.0 Å². The number of hydroxylamine groups is 3. The molecule has 1 aliphatic heterocycles. The quantitative estimate of drug-likeness (QED) is 0.0173. The number of fused-ring (bicyclic) bond motifs is 5. The Morgan fingerprint density at radius 1 is 0.400 bits per heavy atom. The van der Waals surface area contributed by atoms with E-state index in [1.807, 2.05) is 79.0 Å². The third-order valence-corrected chi connectivity index (χ3v) is 22.2. The number of aryl methyl sites for hydroxylation is 7. The maximum atomic E-state index is 14.1. The van der Waals surface area contributed by atoms with E-state index >= 15 is 0 Å². The first-order valence-electron chi connectivity index (χ1n) is 40.9. The van der Waals surface area contributed by atoms with Crippen LogP contribution in [0.25, 0.3) is 82.1 Å². The SMILES string of the molecule is O=C(CO)c1ccc2ncn(CCc3cccc(-c4c(F)cccc4F)c3)c(=O)c2c1.O=C(CO)c1ccc2ncn(CCc3cccc(-c4cc(Cl)cc(Cl)c4)c3)c(=O)c2c1.O=C(NO)c1ccc2ccn(-c3ccccc3F)c(=O)c2c1.O=C(NO)c1ccc2ccn(CCC3CCNCC3)c(=O)c2c1.O=C(NO)c1ccc2ccn(CCc3ccccn3)c(=O)c2c1. The summed E-state index contributed by atoms with van der Waals surface area (Å²) < 4.78 is 49.5. The van der Waals surface area contributed by atoms with E-state index in [1.54, 1.807) is 117 Å². The number of rotatable bonds is 22. The van der Waals surface area contributed by atoms with Crippen molar-refractivity contribution in [3.63, 3.8) is 0 Å². The summed E-state index contributed by atoms with van der Waals surface area (Å²) in [5, 5.41) is 52.7. The lowest BCUT2D eigenvalue weighted by atomic mass is 9.95. The topological polar surface area (TPSA) is 383 Å². The molecule has 16 aromatic rings. The molecule has 10 aromatic carbocycles. The van der Waals surface area contributed by atoms with Crippen LogP contribution < -0.4 is 49.6 Å². The average Bonchev–Trinajstić information content (AvgIpc) is 0.839. The number of benzene rings is 10. The van der Waals surface area contributed by atoms with Crippen molar-refractivity contribution in [2.45, 2.75) is 64.7 Å². The first kappa shape index (κ1) is 92.8. The molecule has 0 atom stereocenters. The molecule has 3 amide bonds. The van der Waals surface area contributed by atoms with Gasteiger partial charge in [0.25, 0.3) is 45.5 Å². The second kappa shape index (κ2) is 43.6. The lowest BCUT2D eigenvalue weighted by molar-refractivity contribution is 0.0702. The Hall–Kier alpha value is -14.9. The molecule has 6 aromatic heterocycles. The zero-order chi connectivity index (χ0) is 92.1. The summed E-state index contributed by atoms with van der Waals surface area (Å²) in [7, 11) is 0. The Morgan fingerprint density at radius 3 is 1.32 bits per heavy atom. The highest BCUT2D eigenvalue weighted by molar-refractivity contribution is 6.35. The van der Waals surface area contributed by atoms with E-state index in [0.29, 0.717) is 105 Å². The fraction of sp³-hybridized carbons (Fsp3) is 0.153. The fourth-order valence-corrected chi connectivity index (χ4v) is 15.4. The van der Waals surface area contributed by atoms with E-state index in [2.05, 4.69) is 20.3 Å². The number of amides is 3. The minimum Gasteiger partial charge on any atom is -0.388 e. The molecule has 1 saturated heterocycles. The minimum atomic E-state index is -0.720. The third kappa shape index (κ3) is 22.7. The van der Waals surface area contributed by atoms with Crippen molar-refractivity contribution in [3.05, 3.63) is 398 Å². The standard InChI is InChI=1S/C24H18Cl2N2O3.C24H18F2N2O3.C17H21N3O3.C17H15N3O3.C16H11FN2O3/c25-19-9-18(10-20(26)12-19)16-3-1-2-15(8-16)6-7-28-14-27-22-5-4-17(23(30)13-29)11-21(22)24(28)31;25-19-5-2-6-20(26)23(19)17-4-1-3-15(11-17)9-10-28-14-27-21-8-7-16(22(30)13-29)12-18(21)24(28)31;21-16(19-23)14-2-1-13-6-10-20(17(22)15(13)11-14)9-5-12-3-7-18-8-4-12;21-16(19-23)13-5-4-12-6-9-20(17(22)15(12)11-13)10-7-14-3-1-2-8-18-14;17-13-3-1-2-4-14(13)19-8-7-10-5-6-11(15(20)18-22)9-12(10)16(19)21/h1-5,8-12,14,29H,6-7,13H2;1-8,11-12,14,29H,9-10,13H2;1-2,6,10-12,18,23H,3-5,7-9H2,(H,19,21);1-6,8-9,11,23H,7,10H2,(H,19,21);1-9,22H,(H,18,20). The molecule has 0 saturated carbocycles. The molecule has 7 heterocycles. The van der Waals surface area contributed by atoms with Crippen molar-refractivity contribution in [2.75, 3.05) is 26.3 Å². The number of aliphatic hydroxyl groups is 2. The number of aromatic nitrogens is 8. The molecule has 9 N–H and O–H groups in total. The third-order valence-electron chi connectivity index (χ3n) is 21.8. The maximum Gasteiger partial charge on any atom is 0.274 e. The minimum absolute atomic E-state index is 0.0880. The van der Waals surface area contributed by atoms with E-state index in [-0.39, 0.29) is 66.5 Å². The van der Waals surface area contributed by atoms with Crippen molar-refractivity contribution in [1.82, 2.24) is 59.5 Å². The Bertz CT molecular complexity index is 7230. The van der Waals surface area contributed by atoms with Gasteiger partial charge in [0, 0.05) is 117 Å². The number of para-hydroxylation sites is 1. The van der Waals surface area contributed by atoms with Crippen LogP contribution in [0.2, 0.25) is 10.0 Å². The molecule has 17 rings (SSSR count). The van der Waals surface area contributed by atoms with Crippen molar-refractivity contribution in [2.24, 2.45) is 5.92 Å². The number of nitrogens with one attached hydrogen (secondary N) is 4. The van der Waals surface area contributed by atoms with Gasteiger partial charge in [-0.15, -0.1) is 0 Å². The first-order chi connectivity index (χ1) is 62.9. The average molecular weight is 1800 g/mol. The number of hydrogen-bond acceptors (Lipinski definition) is 19. The number of aliphatic hydroxyl groups excluding tert-OH is 2. The number of ketones is 2. The van der Waals surface area contributed by atoms with Gasteiger partial charge in [0.1, 0.15) is 30.7 Å². The van der Waals surface area contributed by atoms with Gasteiger partial charge >= 0.3 is 0 Å². The normalized spacial score (nSPS) is 11.7. The van der Waals surface area contributed by atoms with E-state index < -0.39 is 65.5 Å². The lowest BCUT2D eigenvalue weighted by Crippen LogP contribution is -2.29. The highest BCUT2D eigenvalue weighted by Gasteiger charge is 2.20. The summed E-state index contributed by atoms with van der Waals surface area (Å²) in [5.74, 6) is -4.03. The largest absolute Gasteiger partial charge is 0.388 e. The Balaban J connectivity index is 0.000000140. The van der Waals surface area contributed by atoms with Crippen LogP contribution in [0.1, 0.15) is 87.9 Å². The van der Waals surface area contributed by atoms with Crippen LogP contribution in [0.5, 0.6) is 0 Å². The molecule has 130 heavy (non-hydrogen) atoms.